The Morgan fingerprint density at radius 2 is 1.17 bits per heavy atom. The summed E-state index contributed by atoms with van der Waals surface area (Å²) in [6.07, 6.45) is 4.46. The van der Waals surface area contributed by atoms with Crippen LogP contribution in [-0.2, 0) is 0 Å². The number of hydrogen-bond donors (Lipinski definition) is 0. The number of rotatable bonds is 5. The molecule has 0 aliphatic rings. The van der Waals surface area contributed by atoms with Crippen LogP contribution >= 0.6 is 0 Å². The lowest BCUT2D eigenvalue weighted by Crippen LogP contribution is -2.15. The summed E-state index contributed by atoms with van der Waals surface area (Å²) in [5.41, 5.74) is 14.1. The van der Waals surface area contributed by atoms with Crippen LogP contribution < -0.4 is 10.9 Å². The van der Waals surface area contributed by atoms with Gasteiger partial charge in [-0.3, -0.25) is 0 Å². The van der Waals surface area contributed by atoms with Crippen molar-refractivity contribution in [1.29, 1.82) is 0 Å². The molecule has 7 aromatic carbocycles. The molecular formula is C44H34B2O. The average molecular weight is 600 g/mol. The highest BCUT2D eigenvalue weighted by atomic mass is 16.3. The maximum atomic E-state index is 6.82. The monoisotopic (exact) mass is 600 g/mol. The first-order chi connectivity index (χ1) is 23.0. The topological polar surface area (TPSA) is 13.1 Å². The fourth-order valence-electron chi connectivity index (χ4n) is 7.45. The summed E-state index contributed by atoms with van der Waals surface area (Å²) < 4.78 is 6.82. The van der Waals surface area contributed by atoms with Gasteiger partial charge in [-0.15, -0.1) is 0 Å². The van der Waals surface area contributed by atoms with Gasteiger partial charge in [0.05, 0.1) is 0 Å². The molecule has 0 bridgehead atoms. The van der Waals surface area contributed by atoms with Gasteiger partial charge in [0.25, 0.3) is 0 Å². The van der Waals surface area contributed by atoms with E-state index in [9.17, 15) is 0 Å². The van der Waals surface area contributed by atoms with Gasteiger partial charge in [0.1, 0.15) is 26.9 Å². The number of fused-ring (bicyclic) bond motifs is 5. The molecule has 222 valence electrons. The Hall–Kier alpha value is -5.53. The summed E-state index contributed by atoms with van der Waals surface area (Å²) in [5, 5.41) is 7.42. The predicted octanol–water partition coefficient (Wildman–Crippen LogP) is 9.25. The summed E-state index contributed by atoms with van der Waals surface area (Å²) in [7, 11) is 4.50. The molecule has 0 spiro atoms. The minimum atomic E-state index is 0.902. The van der Waals surface area contributed by atoms with Crippen molar-refractivity contribution in [3.05, 3.63) is 157 Å². The quantitative estimate of drug-likeness (QED) is 0.109. The number of hydrogen-bond acceptors (Lipinski definition) is 1. The normalized spacial score (nSPS) is 12.5. The fourth-order valence-corrected chi connectivity index (χ4v) is 7.45. The SMILES string of the molecule is Bc1ccc(B)c2c(-c3cccc4oc5c(C(/C=C(\C)c6ccccc6)=C/C)cccc5c34)c3ccccc3c(-c3ccccc3)c12. The maximum Gasteiger partial charge on any atom is 0.143 e. The first-order valence-corrected chi connectivity index (χ1v) is 16.4. The van der Waals surface area contributed by atoms with Crippen molar-refractivity contribution >= 4 is 81.2 Å². The first-order valence-electron chi connectivity index (χ1n) is 16.4. The van der Waals surface area contributed by atoms with Gasteiger partial charge in [-0.05, 0) is 80.4 Å². The lowest BCUT2D eigenvalue weighted by atomic mass is 9.75. The molecule has 47 heavy (non-hydrogen) atoms. The van der Waals surface area contributed by atoms with E-state index in [4.69, 9.17) is 4.42 Å². The molecule has 1 nitrogen and oxygen atoms in total. The zero-order chi connectivity index (χ0) is 32.1. The van der Waals surface area contributed by atoms with Crippen LogP contribution in [-0.4, -0.2) is 15.7 Å². The molecular weight excluding hydrogens is 566 g/mol. The number of benzene rings is 7. The van der Waals surface area contributed by atoms with E-state index in [-0.39, 0.29) is 0 Å². The van der Waals surface area contributed by atoms with Crippen molar-refractivity contribution in [2.24, 2.45) is 0 Å². The molecule has 0 radical (unpaired) electrons. The van der Waals surface area contributed by atoms with E-state index in [0.717, 1.165) is 33.1 Å². The van der Waals surface area contributed by atoms with Gasteiger partial charge in [-0.25, -0.2) is 0 Å². The van der Waals surface area contributed by atoms with E-state index in [1.165, 1.54) is 65.9 Å². The molecule has 0 aliphatic heterocycles. The zero-order valence-electron chi connectivity index (χ0n) is 27.3. The van der Waals surface area contributed by atoms with Crippen molar-refractivity contribution in [2.45, 2.75) is 13.8 Å². The van der Waals surface area contributed by atoms with Gasteiger partial charge in [-0.2, -0.15) is 0 Å². The van der Waals surface area contributed by atoms with Gasteiger partial charge in [0.15, 0.2) is 0 Å². The summed E-state index contributed by atoms with van der Waals surface area (Å²) >= 11 is 0. The van der Waals surface area contributed by atoms with E-state index < -0.39 is 0 Å². The van der Waals surface area contributed by atoms with Gasteiger partial charge in [0, 0.05) is 16.3 Å². The Kier molecular flexibility index (Phi) is 7.18. The summed E-state index contributed by atoms with van der Waals surface area (Å²) in [4.78, 5) is 0. The van der Waals surface area contributed by atoms with Crippen LogP contribution in [0.1, 0.15) is 25.0 Å². The predicted molar refractivity (Wildman–Crippen MR) is 210 cm³/mol. The van der Waals surface area contributed by atoms with Crippen molar-refractivity contribution in [3.63, 3.8) is 0 Å². The second-order valence-electron chi connectivity index (χ2n) is 12.5. The second-order valence-corrected chi connectivity index (χ2v) is 12.5. The molecule has 0 amide bonds. The number of allylic oxidation sites excluding steroid dienone is 4. The Morgan fingerprint density at radius 1 is 0.574 bits per heavy atom. The Labute approximate surface area is 277 Å². The Morgan fingerprint density at radius 3 is 1.87 bits per heavy atom. The van der Waals surface area contributed by atoms with Crippen LogP contribution in [0.25, 0.3) is 76.9 Å². The van der Waals surface area contributed by atoms with Gasteiger partial charge < -0.3 is 4.42 Å². The highest BCUT2D eigenvalue weighted by Gasteiger charge is 2.22. The van der Waals surface area contributed by atoms with E-state index in [1.54, 1.807) is 0 Å². The molecule has 0 unspecified atom stereocenters. The summed E-state index contributed by atoms with van der Waals surface area (Å²) in [6, 6.07) is 48.0. The third-order valence-corrected chi connectivity index (χ3v) is 9.67. The largest absolute Gasteiger partial charge is 0.455 e. The number of para-hydroxylation sites is 1. The zero-order valence-corrected chi connectivity index (χ0v) is 27.3. The van der Waals surface area contributed by atoms with Crippen molar-refractivity contribution in [1.82, 2.24) is 0 Å². The van der Waals surface area contributed by atoms with Crippen LogP contribution in [0.2, 0.25) is 0 Å². The minimum absolute atomic E-state index is 0.902. The van der Waals surface area contributed by atoms with Gasteiger partial charge >= 0.3 is 0 Å². The molecule has 0 fully saturated rings. The van der Waals surface area contributed by atoms with E-state index in [0.29, 0.717) is 0 Å². The van der Waals surface area contributed by atoms with Gasteiger partial charge in [0.2, 0.25) is 0 Å². The standard InChI is InChI=1S/C44H34B2O/c1-3-28(26-27(2)29-14-6-4-7-15-29)31-20-12-22-35-40-34(21-13-23-38(40)47-44(31)35)41-33-19-11-10-18-32(33)39(30-16-8-5-9-17-30)42-36(45)24-25-37(46)43(41)42/h3-26H,45-46H2,1-2H3/b27-26+,28-3+. The van der Waals surface area contributed by atoms with Crippen molar-refractivity contribution in [3.8, 4) is 22.3 Å². The van der Waals surface area contributed by atoms with Crippen LogP contribution in [0, 0.1) is 0 Å². The lowest BCUT2D eigenvalue weighted by molar-refractivity contribution is 0.668. The first kappa shape index (κ1) is 28.9. The highest BCUT2D eigenvalue weighted by Crippen LogP contribution is 2.46. The Balaban J connectivity index is 1.45. The molecule has 0 saturated heterocycles. The molecule has 3 heteroatoms. The average Bonchev–Trinajstić information content (AvgIpc) is 3.51. The van der Waals surface area contributed by atoms with Gasteiger partial charge in [-0.1, -0.05) is 150 Å². The summed E-state index contributed by atoms with van der Waals surface area (Å²) in [5.74, 6) is 0. The molecule has 8 aromatic rings. The molecule has 0 saturated carbocycles. The minimum Gasteiger partial charge on any atom is -0.455 e. The van der Waals surface area contributed by atoms with E-state index in [1.807, 2.05) is 0 Å². The van der Waals surface area contributed by atoms with E-state index in [2.05, 4.69) is 175 Å². The van der Waals surface area contributed by atoms with Crippen LogP contribution in [0.4, 0.5) is 0 Å². The lowest BCUT2D eigenvalue weighted by Gasteiger charge is -2.21. The van der Waals surface area contributed by atoms with Crippen molar-refractivity contribution < 1.29 is 4.42 Å². The molecule has 0 atom stereocenters. The fraction of sp³-hybridized carbons (Fsp3) is 0.0455. The molecule has 1 aromatic heterocycles. The van der Waals surface area contributed by atoms with Crippen molar-refractivity contribution in [2.75, 3.05) is 0 Å². The van der Waals surface area contributed by atoms with Crippen LogP contribution in [0.3, 0.4) is 0 Å². The third kappa shape index (κ3) is 4.73. The molecule has 0 N–H and O–H groups in total. The van der Waals surface area contributed by atoms with Crippen LogP contribution in [0.15, 0.2) is 150 Å². The second kappa shape index (κ2) is 11.7. The molecule has 1 heterocycles. The summed E-state index contributed by atoms with van der Waals surface area (Å²) in [6.45, 7) is 4.28. The third-order valence-electron chi connectivity index (χ3n) is 9.67. The Bertz CT molecular complexity index is 2540. The van der Waals surface area contributed by atoms with Crippen LogP contribution in [0.5, 0.6) is 0 Å². The van der Waals surface area contributed by atoms with E-state index >= 15 is 0 Å². The maximum absolute atomic E-state index is 6.82. The highest BCUT2D eigenvalue weighted by molar-refractivity contribution is 6.49. The smallest absolute Gasteiger partial charge is 0.143 e. The molecule has 8 rings (SSSR count). The number of furan rings is 1. The molecule has 0 aliphatic carbocycles.